The van der Waals surface area contributed by atoms with Crippen LogP contribution in [0.15, 0.2) is 213 Å². The molecule has 0 saturated carbocycles. The van der Waals surface area contributed by atoms with Gasteiger partial charge in [0.25, 0.3) is 0 Å². The van der Waals surface area contributed by atoms with Crippen LogP contribution in [-0.2, 0) is 0 Å². The van der Waals surface area contributed by atoms with Gasteiger partial charge in [-0.15, -0.1) is 0 Å². The fourth-order valence-corrected chi connectivity index (χ4v) is 9.54. The van der Waals surface area contributed by atoms with E-state index in [9.17, 15) is 5.26 Å². The summed E-state index contributed by atoms with van der Waals surface area (Å²) in [5.41, 5.74) is 13.9. The lowest BCUT2D eigenvalue weighted by atomic mass is 9.99. The average molecular weight is 852 g/mol. The third kappa shape index (κ3) is 6.51. The number of rotatable bonds is 7. The van der Waals surface area contributed by atoms with Gasteiger partial charge < -0.3 is 9.13 Å². The zero-order valence-corrected chi connectivity index (χ0v) is 35.2. The van der Waals surface area contributed by atoms with Gasteiger partial charge >= 0.3 is 0 Å². The topological polar surface area (TPSA) is 59.4 Å². The van der Waals surface area contributed by atoms with Crippen LogP contribution >= 0.6 is 0 Å². The van der Waals surface area contributed by atoms with E-state index < -0.39 is 11.6 Å². The Morgan fingerprint density at radius 2 is 0.758 bits per heavy atom. The number of hydrogen-bond acceptors (Lipinski definition) is 3. The smallest absolute Gasteiger partial charge is 0.126 e. The van der Waals surface area contributed by atoms with Crippen molar-refractivity contribution < 1.29 is 8.78 Å². The van der Waals surface area contributed by atoms with Crippen LogP contribution in [0, 0.1) is 23.0 Å². The molecule has 4 heterocycles. The predicted molar refractivity (Wildman–Crippen MR) is 263 cm³/mol. The molecule has 0 saturated heterocycles. The lowest BCUT2D eigenvalue weighted by Crippen LogP contribution is -2.05. The summed E-state index contributed by atoms with van der Waals surface area (Å²) in [7, 11) is 0. The number of hydrogen-bond donors (Lipinski definition) is 0. The van der Waals surface area contributed by atoms with Crippen LogP contribution in [-0.4, -0.2) is 19.1 Å². The lowest BCUT2D eigenvalue weighted by molar-refractivity contribution is 0.584. The monoisotopic (exact) mass is 851 g/mol. The second-order valence-electron chi connectivity index (χ2n) is 16.4. The molecule has 0 atom stereocenters. The minimum absolute atomic E-state index is 0.351. The number of fused-ring (bicyclic) bond motifs is 6. The summed E-state index contributed by atoms with van der Waals surface area (Å²) in [5, 5.41) is 15.4. The first-order valence-corrected chi connectivity index (χ1v) is 21.6. The number of nitrogens with zero attached hydrogens (tertiary/aromatic N) is 5. The van der Waals surface area contributed by atoms with Crippen LogP contribution in [0.5, 0.6) is 0 Å². The first-order chi connectivity index (χ1) is 32.5. The zero-order valence-electron chi connectivity index (χ0n) is 35.2. The maximum atomic E-state index is 15.1. The highest BCUT2D eigenvalue weighted by Crippen LogP contribution is 2.42. The maximum absolute atomic E-state index is 15.1. The van der Waals surface area contributed by atoms with Crippen molar-refractivity contribution in [3.8, 4) is 73.3 Å². The van der Waals surface area contributed by atoms with Crippen LogP contribution in [0.25, 0.3) is 111 Å². The second-order valence-corrected chi connectivity index (χ2v) is 16.4. The van der Waals surface area contributed by atoms with E-state index in [1.165, 1.54) is 12.1 Å². The Morgan fingerprint density at radius 3 is 1.23 bits per heavy atom. The van der Waals surface area contributed by atoms with Crippen molar-refractivity contribution in [2.24, 2.45) is 0 Å². The van der Waals surface area contributed by atoms with Crippen LogP contribution in [0.1, 0.15) is 5.56 Å². The van der Waals surface area contributed by atoms with Gasteiger partial charge in [0.2, 0.25) is 0 Å². The Labute approximate surface area is 378 Å². The van der Waals surface area contributed by atoms with E-state index in [0.29, 0.717) is 28.1 Å². The summed E-state index contributed by atoms with van der Waals surface area (Å²) in [4.78, 5) is 9.33. The Balaban J connectivity index is 1.10. The SMILES string of the molecule is N#Cc1c(-n2c3ccccc3c3cc(-c4ccnc(-c5ccccc5)c4)ccc32)cc(-c2cc(F)cc(F)c2)cc1-n1c2ccccc2c2cc(-c3ccnc(-c4ccccc4)c3)ccc21. The van der Waals surface area contributed by atoms with Crippen LogP contribution < -0.4 is 0 Å². The highest BCUT2D eigenvalue weighted by Gasteiger charge is 2.23. The third-order valence-corrected chi connectivity index (χ3v) is 12.6. The molecule has 7 heteroatoms. The first kappa shape index (κ1) is 38.7. The van der Waals surface area contributed by atoms with Gasteiger partial charge in [-0.2, -0.15) is 5.26 Å². The molecule has 0 bridgehead atoms. The number of nitriles is 1. The fraction of sp³-hybridized carbons (Fsp3) is 0. The van der Waals surface area contributed by atoms with Gasteiger partial charge in [0.1, 0.15) is 23.3 Å². The quantitative estimate of drug-likeness (QED) is 0.160. The van der Waals surface area contributed by atoms with Crippen molar-refractivity contribution in [2.75, 3.05) is 0 Å². The number of pyridine rings is 2. The molecule has 12 aromatic rings. The highest BCUT2D eigenvalue weighted by molar-refractivity contribution is 6.12. The summed E-state index contributed by atoms with van der Waals surface area (Å²) in [6.45, 7) is 0. The molecule has 0 fully saturated rings. The molecule has 0 radical (unpaired) electrons. The normalized spacial score (nSPS) is 11.5. The number of benzene rings is 8. The van der Waals surface area contributed by atoms with E-state index in [-0.39, 0.29) is 0 Å². The molecule has 8 aromatic carbocycles. The molecule has 4 aromatic heterocycles. The summed E-state index contributed by atoms with van der Waals surface area (Å²) >= 11 is 0. The fourth-order valence-electron chi connectivity index (χ4n) is 9.54. The third-order valence-electron chi connectivity index (χ3n) is 12.6. The van der Waals surface area contributed by atoms with Gasteiger partial charge in [0, 0.05) is 51.1 Å². The van der Waals surface area contributed by atoms with Gasteiger partial charge in [0.05, 0.1) is 44.8 Å². The Bertz CT molecular complexity index is 3680. The van der Waals surface area contributed by atoms with Gasteiger partial charge in [-0.05, 0) is 118 Å². The maximum Gasteiger partial charge on any atom is 0.126 e. The molecule has 0 unspecified atom stereocenters. The van der Waals surface area contributed by atoms with E-state index in [2.05, 4.69) is 122 Å². The Hall–Kier alpha value is -8.99. The van der Waals surface area contributed by atoms with Crippen molar-refractivity contribution in [3.63, 3.8) is 0 Å². The molecule has 5 nitrogen and oxygen atoms in total. The molecule has 0 spiro atoms. The molecule has 0 amide bonds. The lowest BCUT2D eigenvalue weighted by Gasteiger charge is -2.18. The molecular formula is C59H35F2N5. The molecular weight excluding hydrogens is 817 g/mol. The molecule has 66 heavy (non-hydrogen) atoms. The van der Waals surface area contributed by atoms with Crippen molar-refractivity contribution in [1.82, 2.24) is 19.1 Å². The van der Waals surface area contributed by atoms with Gasteiger partial charge in [-0.1, -0.05) is 109 Å². The molecule has 310 valence electrons. The first-order valence-electron chi connectivity index (χ1n) is 21.6. The van der Waals surface area contributed by atoms with E-state index in [0.717, 1.165) is 94.4 Å². The van der Waals surface area contributed by atoms with E-state index in [4.69, 9.17) is 0 Å². The van der Waals surface area contributed by atoms with Crippen LogP contribution in [0.4, 0.5) is 8.78 Å². The van der Waals surface area contributed by atoms with Crippen molar-refractivity contribution >= 4 is 43.6 Å². The standard InChI is InChI=1S/C59H35F2N5/c60-45-27-43(28-46(61)35-45)44-33-58(65-54-17-9-7-15-47(54)49-29-39(19-21-56(49)65)41-23-25-63-52(31-41)37-11-3-1-4-12-37)51(36-62)59(34-44)66-55-18-10-8-16-48(55)50-30-40(20-22-57(50)66)42-24-26-64-53(32-42)38-13-5-2-6-14-38/h1-35H. The Morgan fingerprint density at radius 1 is 0.348 bits per heavy atom. The zero-order chi connectivity index (χ0) is 44.3. The Kier molecular flexibility index (Phi) is 9.18. The second kappa shape index (κ2) is 15.7. The number of aromatic nitrogens is 4. The van der Waals surface area contributed by atoms with Crippen molar-refractivity contribution in [2.45, 2.75) is 0 Å². The van der Waals surface area contributed by atoms with Gasteiger partial charge in [0.15, 0.2) is 0 Å². The van der Waals surface area contributed by atoms with Crippen molar-refractivity contribution in [3.05, 3.63) is 230 Å². The summed E-state index contributed by atoms with van der Waals surface area (Å²) < 4.78 is 34.5. The highest BCUT2D eigenvalue weighted by atomic mass is 19.1. The molecule has 12 rings (SSSR count). The summed E-state index contributed by atoms with van der Waals surface area (Å²) in [6, 6.07) is 67.4. The van der Waals surface area contributed by atoms with Gasteiger partial charge in [-0.3, -0.25) is 9.97 Å². The predicted octanol–water partition coefficient (Wildman–Crippen LogP) is 15.2. The number of halogens is 2. The minimum Gasteiger partial charge on any atom is -0.308 e. The van der Waals surface area contributed by atoms with E-state index in [1.807, 2.05) is 97.3 Å². The van der Waals surface area contributed by atoms with E-state index >= 15 is 8.78 Å². The largest absolute Gasteiger partial charge is 0.308 e. The van der Waals surface area contributed by atoms with Crippen molar-refractivity contribution in [1.29, 1.82) is 5.26 Å². The molecule has 0 aliphatic rings. The summed E-state index contributed by atoms with van der Waals surface area (Å²) in [5.74, 6) is -1.38. The molecule has 0 N–H and O–H groups in total. The van der Waals surface area contributed by atoms with Crippen LogP contribution in [0.3, 0.4) is 0 Å². The van der Waals surface area contributed by atoms with Gasteiger partial charge in [-0.25, -0.2) is 8.78 Å². The average Bonchev–Trinajstić information content (AvgIpc) is 3.88. The summed E-state index contributed by atoms with van der Waals surface area (Å²) in [6.07, 6.45) is 3.67. The van der Waals surface area contributed by atoms with E-state index in [1.54, 1.807) is 0 Å². The molecule has 0 aliphatic heterocycles. The molecule has 0 aliphatic carbocycles. The number of para-hydroxylation sites is 2. The van der Waals surface area contributed by atoms with Crippen LogP contribution in [0.2, 0.25) is 0 Å². The minimum atomic E-state index is -0.690.